The third-order valence-electron chi connectivity index (χ3n) is 3.99. The van der Waals surface area contributed by atoms with Crippen molar-refractivity contribution in [2.45, 2.75) is 12.5 Å². The number of fused-ring (bicyclic) bond motifs is 1. The molecule has 0 bridgehead atoms. The van der Waals surface area contributed by atoms with Gasteiger partial charge in [-0.25, -0.2) is 0 Å². The molecule has 126 valence electrons. The number of carbonyl (C=O) groups excluding carboxylic acids is 1. The van der Waals surface area contributed by atoms with Gasteiger partial charge in [-0.3, -0.25) is 4.79 Å². The van der Waals surface area contributed by atoms with Crippen LogP contribution in [0.25, 0.3) is 0 Å². The fourth-order valence-electron chi connectivity index (χ4n) is 2.73. The summed E-state index contributed by atoms with van der Waals surface area (Å²) in [5, 5.41) is 0. The Morgan fingerprint density at radius 3 is 2.29 bits per heavy atom. The summed E-state index contributed by atoms with van der Waals surface area (Å²) in [6.07, 6.45) is -0.127. The van der Waals surface area contributed by atoms with Crippen LogP contribution in [0.15, 0.2) is 34.8 Å². The maximum Gasteiger partial charge on any atom is 0.174 e. The lowest BCUT2D eigenvalue weighted by atomic mass is 9.95. The lowest BCUT2D eigenvalue weighted by Crippen LogP contribution is -2.21. The highest BCUT2D eigenvalue weighted by Crippen LogP contribution is 2.48. The van der Waals surface area contributed by atoms with E-state index in [2.05, 4.69) is 15.9 Å². The second-order valence-electron chi connectivity index (χ2n) is 5.31. The second kappa shape index (κ2) is 6.73. The van der Waals surface area contributed by atoms with E-state index in [0.29, 0.717) is 27.3 Å². The Hall–Kier alpha value is -2.21. The van der Waals surface area contributed by atoms with Crippen molar-refractivity contribution < 1.29 is 23.7 Å². The van der Waals surface area contributed by atoms with Gasteiger partial charge >= 0.3 is 0 Å². The first-order chi connectivity index (χ1) is 11.6. The minimum absolute atomic E-state index is 0.0303. The smallest absolute Gasteiger partial charge is 0.174 e. The topological polar surface area (TPSA) is 54.0 Å². The van der Waals surface area contributed by atoms with Crippen LogP contribution >= 0.6 is 15.9 Å². The number of benzene rings is 2. The Kier molecular flexibility index (Phi) is 4.66. The molecule has 1 aliphatic rings. The molecule has 0 saturated carbocycles. The molecule has 1 aliphatic heterocycles. The van der Waals surface area contributed by atoms with E-state index in [1.54, 1.807) is 20.3 Å². The number of rotatable bonds is 4. The predicted molar refractivity (Wildman–Crippen MR) is 92.6 cm³/mol. The zero-order valence-corrected chi connectivity index (χ0v) is 15.2. The lowest BCUT2D eigenvalue weighted by molar-refractivity contribution is 0.0842. The highest BCUT2D eigenvalue weighted by molar-refractivity contribution is 9.10. The normalized spacial score (nSPS) is 16.2. The number of hydrogen-bond donors (Lipinski definition) is 0. The van der Waals surface area contributed by atoms with Crippen molar-refractivity contribution >= 4 is 21.7 Å². The SMILES string of the molecule is COc1ccc(C2CC(=O)c3c(OC)cc(OC)c(Br)c3O2)cc1. The van der Waals surface area contributed by atoms with Crippen molar-refractivity contribution in [2.24, 2.45) is 0 Å². The van der Waals surface area contributed by atoms with Crippen molar-refractivity contribution in [1.29, 1.82) is 0 Å². The summed E-state index contributed by atoms with van der Waals surface area (Å²) >= 11 is 3.46. The van der Waals surface area contributed by atoms with Gasteiger partial charge in [0.15, 0.2) is 11.5 Å². The predicted octanol–water partition coefficient (Wildman–Crippen LogP) is 4.18. The molecular weight excluding hydrogens is 376 g/mol. The number of Topliss-reactive ketones (excluding diaryl/α,β-unsaturated/α-hetero) is 1. The van der Waals surface area contributed by atoms with Gasteiger partial charge in [-0.2, -0.15) is 0 Å². The van der Waals surface area contributed by atoms with Crippen LogP contribution in [0, 0.1) is 0 Å². The van der Waals surface area contributed by atoms with Gasteiger partial charge in [0.1, 0.15) is 33.4 Å². The van der Waals surface area contributed by atoms with Gasteiger partial charge in [-0.1, -0.05) is 12.1 Å². The molecule has 2 aromatic carbocycles. The van der Waals surface area contributed by atoms with E-state index in [-0.39, 0.29) is 18.3 Å². The van der Waals surface area contributed by atoms with Crippen LogP contribution in [-0.2, 0) is 0 Å². The fourth-order valence-corrected chi connectivity index (χ4v) is 3.30. The first-order valence-electron chi connectivity index (χ1n) is 7.37. The molecule has 0 N–H and O–H groups in total. The molecule has 1 unspecified atom stereocenters. The molecule has 2 aromatic rings. The molecule has 0 fully saturated rings. The molecular formula is C18H17BrO5. The Bertz CT molecular complexity index is 770. The summed E-state index contributed by atoms with van der Waals surface area (Å²) in [7, 11) is 4.69. The van der Waals surface area contributed by atoms with Crippen molar-refractivity contribution in [3.05, 3.63) is 45.9 Å². The second-order valence-corrected chi connectivity index (χ2v) is 6.10. The zero-order valence-electron chi connectivity index (χ0n) is 13.6. The summed E-state index contributed by atoms with van der Waals surface area (Å²) in [5.74, 6) is 2.17. The monoisotopic (exact) mass is 392 g/mol. The third-order valence-corrected chi connectivity index (χ3v) is 4.74. The van der Waals surface area contributed by atoms with Crippen LogP contribution in [-0.4, -0.2) is 27.1 Å². The van der Waals surface area contributed by atoms with Gasteiger partial charge in [0.2, 0.25) is 0 Å². The number of carbonyl (C=O) groups is 1. The van der Waals surface area contributed by atoms with Crippen LogP contribution in [0.5, 0.6) is 23.0 Å². The minimum Gasteiger partial charge on any atom is -0.497 e. The average molecular weight is 393 g/mol. The quantitative estimate of drug-likeness (QED) is 0.780. The molecule has 1 atom stereocenters. The van der Waals surface area contributed by atoms with Gasteiger partial charge in [0, 0.05) is 6.07 Å². The van der Waals surface area contributed by atoms with E-state index in [0.717, 1.165) is 11.3 Å². The molecule has 0 spiro atoms. The number of halogens is 1. The third kappa shape index (κ3) is 2.82. The first kappa shape index (κ1) is 16.6. The van der Waals surface area contributed by atoms with Gasteiger partial charge in [-0.15, -0.1) is 0 Å². The van der Waals surface area contributed by atoms with Gasteiger partial charge < -0.3 is 18.9 Å². The number of hydrogen-bond acceptors (Lipinski definition) is 5. The molecule has 0 saturated heterocycles. The van der Waals surface area contributed by atoms with Crippen molar-refractivity contribution in [1.82, 2.24) is 0 Å². The molecule has 0 aliphatic carbocycles. The first-order valence-corrected chi connectivity index (χ1v) is 8.16. The summed E-state index contributed by atoms with van der Waals surface area (Å²) in [5.41, 5.74) is 1.35. The molecule has 0 radical (unpaired) electrons. The van der Waals surface area contributed by atoms with Crippen LogP contribution in [0.3, 0.4) is 0 Å². The van der Waals surface area contributed by atoms with E-state index in [9.17, 15) is 4.79 Å². The molecule has 0 amide bonds. The van der Waals surface area contributed by atoms with Crippen LogP contribution < -0.4 is 18.9 Å². The Labute approximate surface area is 148 Å². The average Bonchev–Trinajstić information content (AvgIpc) is 2.62. The molecule has 1 heterocycles. The van der Waals surface area contributed by atoms with Crippen molar-refractivity contribution in [3.63, 3.8) is 0 Å². The summed E-state index contributed by atoms with van der Waals surface area (Å²) in [4.78, 5) is 12.7. The van der Waals surface area contributed by atoms with Crippen LogP contribution in [0.2, 0.25) is 0 Å². The molecule has 6 heteroatoms. The van der Waals surface area contributed by atoms with E-state index >= 15 is 0 Å². The standard InChI is InChI=1S/C18H17BrO5/c1-21-11-6-4-10(5-7-11)13-8-12(20)16-14(22-2)9-15(23-3)17(19)18(16)24-13/h4-7,9,13H,8H2,1-3H3. The van der Waals surface area contributed by atoms with E-state index < -0.39 is 0 Å². The highest BCUT2D eigenvalue weighted by atomic mass is 79.9. The molecule has 3 rings (SSSR count). The number of ketones is 1. The molecule has 0 aromatic heterocycles. The fraction of sp³-hybridized carbons (Fsp3) is 0.278. The minimum atomic E-state index is -0.371. The van der Waals surface area contributed by atoms with Gasteiger partial charge in [0.05, 0.1) is 27.8 Å². The number of methoxy groups -OCH3 is 3. The lowest BCUT2D eigenvalue weighted by Gasteiger charge is -2.28. The maximum absolute atomic E-state index is 12.7. The molecule has 5 nitrogen and oxygen atoms in total. The summed E-state index contributed by atoms with van der Waals surface area (Å²) in [6, 6.07) is 9.16. The van der Waals surface area contributed by atoms with Crippen LogP contribution in [0.1, 0.15) is 28.4 Å². The Morgan fingerprint density at radius 1 is 1.04 bits per heavy atom. The van der Waals surface area contributed by atoms with E-state index in [4.69, 9.17) is 18.9 Å². The zero-order chi connectivity index (χ0) is 17.3. The largest absolute Gasteiger partial charge is 0.497 e. The van der Waals surface area contributed by atoms with Gasteiger partial charge in [0.25, 0.3) is 0 Å². The Morgan fingerprint density at radius 2 is 1.71 bits per heavy atom. The highest BCUT2D eigenvalue weighted by Gasteiger charge is 2.33. The maximum atomic E-state index is 12.7. The molecule has 24 heavy (non-hydrogen) atoms. The summed E-state index contributed by atoms with van der Waals surface area (Å²) in [6.45, 7) is 0. The number of ether oxygens (including phenoxy) is 4. The van der Waals surface area contributed by atoms with Crippen LogP contribution in [0.4, 0.5) is 0 Å². The van der Waals surface area contributed by atoms with Gasteiger partial charge in [-0.05, 0) is 33.6 Å². The summed E-state index contributed by atoms with van der Waals surface area (Å²) < 4.78 is 22.5. The Balaban J connectivity index is 2.03. The van der Waals surface area contributed by atoms with Crippen molar-refractivity contribution in [3.8, 4) is 23.0 Å². The van der Waals surface area contributed by atoms with E-state index in [1.807, 2.05) is 24.3 Å². The van der Waals surface area contributed by atoms with Crippen molar-refractivity contribution in [2.75, 3.05) is 21.3 Å². The van der Waals surface area contributed by atoms with E-state index in [1.165, 1.54) is 7.11 Å².